The van der Waals surface area contributed by atoms with E-state index in [-0.39, 0.29) is 5.69 Å². The van der Waals surface area contributed by atoms with Crippen LogP contribution in [0.15, 0.2) is 18.2 Å². The van der Waals surface area contributed by atoms with Gasteiger partial charge in [-0.25, -0.2) is 0 Å². The van der Waals surface area contributed by atoms with Crippen molar-refractivity contribution in [1.82, 2.24) is 0 Å². The molecule has 0 bridgehead atoms. The number of anilines is 1. The number of benzene rings is 1. The average Bonchev–Trinajstić information content (AvgIpc) is 2.37. The van der Waals surface area contributed by atoms with Gasteiger partial charge in [-0.3, -0.25) is 10.1 Å². The summed E-state index contributed by atoms with van der Waals surface area (Å²) in [6, 6.07) is 4.32. The number of ether oxygens (including phenoxy) is 2. The molecule has 1 aromatic carbocycles. The number of rotatable bonds is 4. The van der Waals surface area contributed by atoms with E-state index in [1.54, 1.807) is 6.07 Å². The molecule has 1 fully saturated rings. The molecular formula is C12H16N2O4. The van der Waals surface area contributed by atoms with Gasteiger partial charge >= 0.3 is 0 Å². The van der Waals surface area contributed by atoms with Crippen LogP contribution in [0.25, 0.3) is 0 Å². The smallest absolute Gasteiger partial charge is 0.275 e. The van der Waals surface area contributed by atoms with Crippen LogP contribution in [0.3, 0.4) is 0 Å². The fraction of sp³-hybridized carbons (Fsp3) is 0.500. The van der Waals surface area contributed by atoms with Crippen LogP contribution in [0, 0.1) is 16.0 Å². The lowest BCUT2D eigenvalue weighted by Crippen LogP contribution is -2.21. The van der Waals surface area contributed by atoms with Gasteiger partial charge in [0.05, 0.1) is 17.6 Å². The van der Waals surface area contributed by atoms with E-state index in [9.17, 15) is 10.1 Å². The molecule has 0 atom stereocenters. The second kappa shape index (κ2) is 5.68. The lowest BCUT2D eigenvalue weighted by Gasteiger charge is -2.22. The van der Waals surface area contributed by atoms with Crippen LogP contribution in [-0.4, -0.2) is 24.7 Å². The number of nitrogens with two attached hydrogens (primary N) is 1. The van der Waals surface area contributed by atoms with Crippen molar-refractivity contribution in [3.8, 4) is 5.75 Å². The van der Waals surface area contributed by atoms with Gasteiger partial charge in [0.1, 0.15) is 5.75 Å². The highest BCUT2D eigenvalue weighted by molar-refractivity contribution is 5.53. The first-order valence-electron chi connectivity index (χ1n) is 5.90. The van der Waals surface area contributed by atoms with Crippen molar-refractivity contribution in [2.75, 3.05) is 25.6 Å². The van der Waals surface area contributed by atoms with Crippen LogP contribution in [0.1, 0.15) is 12.8 Å². The van der Waals surface area contributed by atoms with E-state index in [0.717, 1.165) is 26.1 Å². The minimum atomic E-state index is -0.475. The van der Waals surface area contributed by atoms with Crippen molar-refractivity contribution >= 4 is 11.4 Å². The molecule has 0 amide bonds. The third kappa shape index (κ3) is 3.33. The van der Waals surface area contributed by atoms with Gasteiger partial charge in [0, 0.05) is 31.0 Å². The van der Waals surface area contributed by atoms with E-state index in [4.69, 9.17) is 15.2 Å². The van der Waals surface area contributed by atoms with Crippen molar-refractivity contribution in [3.63, 3.8) is 0 Å². The van der Waals surface area contributed by atoms with Crippen molar-refractivity contribution < 1.29 is 14.4 Å². The fourth-order valence-corrected chi connectivity index (χ4v) is 1.92. The predicted octanol–water partition coefficient (Wildman–Crippen LogP) is 1.98. The summed E-state index contributed by atoms with van der Waals surface area (Å²) in [5.74, 6) is 0.896. The van der Waals surface area contributed by atoms with Crippen LogP contribution < -0.4 is 10.5 Å². The topological polar surface area (TPSA) is 87.6 Å². The summed E-state index contributed by atoms with van der Waals surface area (Å²) in [5.41, 5.74) is 5.90. The zero-order valence-electron chi connectivity index (χ0n) is 10.0. The molecule has 6 nitrogen and oxygen atoms in total. The van der Waals surface area contributed by atoms with Crippen LogP contribution in [-0.2, 0) is 4.74 Å². The quantitative estimate of drug-likeness (QED) is 0.503. The van der Waals surface area contributed by atoms with Gasteiger partial charge < -0.3 is 15.2 Å². The number of hydrogen-bond acceptors (Lipinski definition) is 5. The van der Waals surface area contributed by atoms with Gasteiger partial charge in [-0.15, -0.1) is 0 Å². The van der Waals surface area contributed by atoms with E-state index in [1.807, 2.05) is 0 Å². The van der Waals surface area contributed by atoms with Gasteiger partial charge in [-0.2, -0.15) is 0 Å². The lowest BCUT2D eigenvalue weighted by molar-refractivity contribution is -0.384. The monoisotopic (exact) mass is 252 g/mol. The highest BCUT2D eigenvalue weighted by Crippen LogP contribution is 2.25. The third-order valence-electron chi connectivity index (χ3n) is 2.95. The molecule has 1 heterocycles. The summed E-state index contributed by atoms with van der Waals surface area (Å²) in [6.07, 6.45) is 1.93. The Morgan fingerprint density at radius 3 is 2.78 bits per heavy atom. The Kier molecular flexibility index (Phi) is 3.99. The number of nitrogen functional groups attached to an aromatic ring is 1. The largest absolute Gasteiger partial charge is 0.493 e. The van der Waals surface area contributed by atoms with Crippen LogP contribution in [0.4, 0.5) is 11.4 Å². The molecule has 98 valence electrons. The number of nitro groups is 1. The molecule has 2 rings (SSSR count). The van der Waals surface area contributed by atoms with Crippen molar-refractivity contribution in [1.29, 1.82) is 0 Å². The molecule has 18 heavy (non-hydrogen) atoms. The van der Waals surface area contributed by atoms with Crippen LogP contribution in [0.2, 0.25) is 0 Å². The summed E-state index contributed by atoms with van der Waals surface area (Å²) >= 11 is 0. The lowest BCUT2D eigenvalue weighted by atomic mass is 10.0. The van der Waals surface area contributed by atoms with E-state index in [2.05, 4.69) is 0 Å². The highest BCUT2D eigenvalue weighted by Gasteiger charge is 2.15. The minimum Gasteiger partial charge on any atom is -0.493 e. The van der Waals surface area contributed by atoms with Gasteiger partial charge in [-0.05, 0) is 18.8 Å². The first kappa shape index (κ1) is 12.6. The Bertz CT molecular complexity index is 430. The number of hydrogen-bond donors (Lipinski definition) is 1. The molecule has 1 saturated heterocycles. The molecule has 6 heteroatoms. The summed E-state index contributed by atoms with van der Waals surface area (Å²) < 4.78 is 10.8. The minimum absolute atomic E-state index is 0.0445. The summed E-state index contributed by atoms with van der Waals surface area (Å²) in [6.45, 7) is 2.06. The second-order valence-corrected chi connectivity index (χ2v) is 4.38. The molecule has 2 N–H and O–H groups in total. The SMILES string of the molecule is Nc1cc(OCC2CCOCC2)cc([N+](=O)[O-])c1. The second-order valence-electron chi connectivity index (χ2n) is 4.38. The zero-order valence-corrected chi connectivity index (χ0v) is 10.0. The van der Waals surface area contributed by atoms with Crippen molar-refractivity contribution in [3.05, 3.63) is 28.3 Å². The highest BCUT2D eigenvalue weighted by atomic mass is 16.6. The van der Waals surface area contributed by atoms with Gasteiger partial charge in [0.15, 0.2) is 0 Å². The molecular weight excluding hydrogens is 236 g/mol. The van der Waals surface area contributed by atoms with E-state index in [0.29, 0.717) is 24.0 Å². The third-order valence-corrected chi connectivity index (χ3v) is 2.95. The molecule has 0 radical (unpaired) electrons. The normalized spacial score (nSPS) is 16.4. The Morgan fingerprint density at radius 1 is 1.39 bits per heavy atom. The maximum Gasteiger partial charge on any atom is 0.275 e. The maximum atomic E-state index is 10.7. The molecule has 0 unspecified atom stereocenters. The fourth-order valence-electron chi connectivity index (χ4n) is 1.92. The average molecular weight is 252 g/mol. The number of nitrogens with zero attached hydrogens (tertiary/aromatic N) is 1. The van der Waals surface area contributed by atoms with E-state index >= 15 is 0 Å². The Balaban J connectivity index is 1.97. The summed E-state index contributed by atoms with van der Waals surface area (Å²) in [5, 5.41) is 10.7. The van der Waals surface area contributed by atoms with Crippen LogP contribution in [0.5, 0.6) is 5.75 Å². The summed E-state index contributed by atoms with van der Waals surface area (Å²) in [7, 11) is 0. The van der Waals surface area contributed by atoms with Gasteiger partial charge in [0.25, 0.3) is 5.69 Å². The van der Waals surface area contributed by atoms with Gasteiger partial charge in [0.2, 0.25) is 0 Å². The molecule has 0 aromatic heterocycles. The summed E-state index contributed by atoms with van der Waals surface area (Å²) in [4.78, 5) is 10.2. The molecule has 0 saturated carbocycles. The predicted molar refractivity (Wildman–Crippen MR) is 66.5 cm³/mol. The molecule has 1 aliphatic heterocycles. The van der Waals surface area contributed by atoms with Crippen molar-refractivity contribution in [2.24, 2.45) is 5.92 Å². The van der Waals surface area contributed by atoms with E-state index < -0.39 is 4.92 Å². The Labute approximate surface area is 105 Å². The number of nitro benzene ring substituents is 1. The molecule has 0 aliphatic carbocycles. The molecule has 1 aliphatic rings. The van der Waals surface area contributed by atoms with Crippen molar-refractivity contribution in [2.45, 2.75) is 12.8 Å². The maximum absolute atomic E-state index is 10.7. The standard InChI is InChI=1S/C12H16N2O4/c13-10-5-11(14(15)16)7-12(6-10)18-8-9-1-3-17-4-2-9/h5-7,9H,1-4,8,13H2. The Morgan fingerprint density at radius 2 is 2.11 bits per heavy atom. The molecule has 0 spiro atoms. The first-order valence-corrected chi connectivity index (χ1v) is 5.90. The first-order chi connectivity index (χ1) is 8.65. The molecule has 1 aromatic rings. The Hall–Kier alpha value is -1.82. The zero-order chi connectivity index (χ0) is 13.0. The van der Waals surface area contributed by atoms with Gasteiger partial charge in [-0.1, -0.05) is 0 Å². The number of non-ortho nitro benzene ring substituents is 1. The van der Waals surface area contributed by atoms with E-state index in [1.165, 1.54) is 12.1 Å². The van der Waals surface area contributed by atoms with Crippen LogP contribution >= 0.6 is 0 Å².